The smallest absolute Gasteiger partial charge is 0.0642 e. The fraction of sp³-hybridized carbons (Fsp3) is 0.538. The lowest BCUT2D eigenvalue weighted by molar-refractivity contribution is 0.122. The van der Waals surface area contributed by atoms with Crippen molar-refractivity contribution in [2.24, 2.45) is 5.73 Å². The predicted octanol–water partition coefficient (Wildman–Crippen LogP) is 1.28. The molecule has 0 bridgehead atoms. The molecule has 0 aromatic heterocycles. The zero-order valence-corrected chi connectivity index (χ0v) is 10.4. The molecule has 1 atom stereocenters. The van der Waals surface area contributed by atoms with Gasteiger partial charge < -0.3 is 20.7 Å². The minimum atomic E-state index is 0.309. The maximum atomic E-state index is 5.58. The summed E-state index contributed by atoms with van der Waals surface area (Å²) in [6, 6.07) is 8.83. The molecule has 4 nitrogen and oxygen atoms in total. The molecule has 1 aliphatic heterocycles. The van der Waals surface area contributed by atoms with Crippen molar-refractivity contribution >= 4 is 11.4 Å². The van der Waals surface area contributed by atoms with Crippen LogP contribution in [-0.4, -0.2) is 38.9 Å². The molecule has 0 amide bonds. The fourth-order valence-corrected chi connectivity index (χ4v) is 1.93. The van der Waals surface area contributed by atoms with E-state index in [4.69, 9.17) is 10.5 Å². The summed E-state index contributed by atoms with van der Waals surface area (Å²) in [4.78, 5) is 2.35. The van der Waals surface area contributed by atoms with Crippen LogP contribution in [-0.2, 0) is 4.74 Å². The fourth-order valence-electron chi connectivity index (χ4n) is 1.93. The first kappa shape index (κ1) is 12.2. The summed E-state index contributed by atoms with van der Waals surface area (Å²) >= 11 is 0. The molecule has 0 spiro atoms. The van der Waals surface area contributed by atoms with Gasteiger partial charge in [0.2, 0.25) is 0 Å². The SMILES string of the molecule is CC(CN)Nc1ccc(N2CCOCC2)cc1. The summed E-state index contributed by atoms with van der Waals surface area (Å²) in [6.45, 7) is 6.33. The lowest BCUT2D eigenvalue weighted by atomic mass is 10.2. The normalized spacial score (nSPS) is 17.9. The molecule has 1 heterocycles. The maximum absolute atomic E-state index is 5.58. The first-order valence-corrected chi connectivity index (χ1v) is 6.19. The number of nitrogens with one attached hydrogen (secondary N) is 1. The minimum absolute atomic E-state index is 0.309. The van der Waals surface area contributed by atoms with Gasteiger partial charge in [0.15, 0.2) is 0 Å². The van der Waals surface area contributed by atoms with E-state index < -0.39 is 0 Å². The summed E-state index contributed by atoms with van der Waals surface area (Å²) < 4.78 is 5.34. The molecule has 1 aliphatic rings. The summed E-state index contributed by atoms with van der Waals surface area (Å²) in [5.41, 5.74) is 7.97. The van der Waals surface area contributed by atoms with E-state index >= 15 is 0 Å². The van der Waals surface area contributed by atoms with E-state index in [1.54, 1.807) is 0 Å². The van der Waals surface area contributed by atoms with Crippen molar-refractivity contribution in [3.8, 4) is 0 Å². The van der Waals surface area contributed by atoms with Crippen molar-refractivity contribution in [2.75, 3.05) is 43.1 Å². The number of anilines is 2. The first-order chi connectivity index (χ1) is 8.29. The van der Waals surface area contributed by atoms with Crippen LogP contribution in [0.15, 0.2) is 24.3 Å². The first-order valence-electron chi connectivity index (χ1n) is 6.19. The van der Waals surface area contributed by atoms with E-state index in [0.717, 1.165) is 32.0 Å². The molecule has 17 heavy (non-hydrogen) atoms. The number of nitrogens with zero attached hydrogens (tertiary/aromatic N) is 1. The Bertz CT molecular complexity index is 333. The summed E-state index contributed by atoms with van der Waals surface area (Å²) in [5.74, 6) is 0. The Morgan fingerprint density at radius 1 is 1.29 bits per heavy atom. The molecule has 1 fully saturated rings. The predicted molar refractivity (Wildman–Crippen MR) is 71.6 cm³/mol. The van der Waals surface area contributed by atoms with Crippen LogP contribution < -0.4 is 16.0 Å². The van der Waals surface area contributed by atoms with Gasteiger partial charge in [0, 0.05) is 37.1 Å². The van der Waals surface area contributed by atoms with Crippen LogP contribution in [0.1, 0.15) is 6.92 Å². The molecule has 0 aliphatic carbocycles. The van der Waals surface area contributed by atoms with E-state index in [-0.39, 0.29) is 0 Å². The van der Waals surface area contributed by atoms with Crippen LogP contribution in [0, 0.1) is 0 Å². The molecule has 0 radical (unpaired) electrons. The maximum Gasteiger partial charge on any atom is 0.0642 e. The van der Waals surface area contributed by atoms with E-state index in [0.29, 0.717) is 12.6 Å². The van der Waals surface area contributed by atoms with Crippen LogP contribution >= 0.6 is 0 Å². The van der Waals surface area contributed by atoms with E-state index in [9.17, 15) is 0 Å². The second-order valence-corrected chi connectivity index (χ2v) is 4.43. The van der Waals surface area contributed by atoms with Crippen molar-refractivity contribution < 1.29 is 4.74 Å². The Balaban J connectivity index is 1.97. The van der Waals surface area contributed by atoms with E-state index in [1.165, 1.54) is 5.69 Å². The molecular weight excluding hydrogens is 214 g/mol. The van der Waals surface area contributed by atoms with Crippen LogP contribution in [0.5, 0.6) is 0 Å². The van der Waals surface area contributed by atoms with Gasteiger partial charge in [-0.2, -0.15) is 0 Å². The lowest BCUT2D eigenvalue weighted by Crippen LogP contribution is -2.36. The number of nitrogens with two attached hydrogens (primary N) is 1. The summed E-state index contributed by atoms with van der Waals surface area (Å²) in [6.07, 6.45) is 0. The van der Waals surface area contributed by atoms with E-state index in [1.807, 2.05) is 0 Å². The molecule has 1 saturated heterocycles. The lowest BCUT2D eigenvalue weighted by Gasteiger charge is -2.29. The third kappa shape index (κ3) is 3.35. The average molecular weight is 235 g/mol. The molecule has 1 aromatic rings. The van der Waals surface area contributed by atoms with Crippen LogP contribution in [0.3, 0.4) is 0 Å². The van der Waals surface area contributed by atoms with Gasteiger partial charge in [-0.3, -0.25) is 0 Å². The van der Waals surface area contributed by atoms with Crippen LogP contribution in [0.25, 0.3) is 0 Å². The van der Waals surface area contributed by atoms with Gasteiger partial charge in [-0.15, -0.1) is 0 Å². The highest BCUT2D eigenvalue weighted by molar-refractivity contribution is 5.55. The number of ether oxygens (including phenoxy) is 1. The topological polar surface area (TPSA) is 50.5 Å². The molecular formula is C13H21N3O. The highest BCUT2D eigenvalue weighted by atomic mass is 16.5. The standard InChI is InChI=1S/C13H21N3O/c1-11(10-14)15-12-2-4-13(5-3-12)16-6-8-17-9-7-16/h2-5,11,15H,6-10,14H2,1H3. The largest absolute Gasteiger partial charge is 0.381 e. The Kier molecular flexibility index (Phi) is 4.23. The van der Waals surface area contributed by atoms with Gasteiger partial charge in [-0.25, -0.2) is 0 Å². The van der Waals surface area contributed by atoms with Crippen molar-refractivity contribution in [3.63, 3.8) is 0 Å². The number of benzene rings is 1. The number of rotatable bonds is 4. The van der Waals surface area contributed by atoms with Gasteiger partial charge in [0.25, 0.3) is 0 Å². The van der Waals surface area contributed by atoms with Crippen molar-refractivity contribution in [3.05, 3.63) is 24.3 Å². The summed E-state index contributed by atoms with van der Waals surface area (Å²) in [5, 5.41) is 3.35. The highest BCUT2D eigenvalue weighted by Gasteiger charge is 2.10. The highest BCUT2D eigenvalue weighted by Crippen LogP contribution is 2.19. The minimum Gasteiger partial charge on any atom is -0.381 e. The van der Waals surface area contributed by atoms with Crippen LogP contribution in [0.4, 0.5) is 11.4 Å². The van der Waals surface area contributed by atoms with Gasteiger partial charge in [0.1, 0.15) is 0 Å². The van der Waals surface area contributed by atoms with Crippen molar-refractivity contribution in [1.82, 2.24) is 0 Å². The summed E-state index contributed by atoms with van der Waals surface area (Å²) in [7, 11) is 0. The molecule has 4 heteroatoms. The van der Waals surface area contributed by atoms with E-state index in [2.05, 4.69) is 41.4 Å². The second-order valence-electron chi connectivity index (χ2n) is 4.43. The zero-order valence-electron chi connectivity index (χ0n) is 10.4. The van der Waals surface area contributed by atoms with Crippen molar-refractivity contribution in [1.29, 1.82) is 0 Å². The quantitative estimate of drug-likeness (QED) is 0.825. The van der Waals surface area contributed by atoms with Crippen LogP contribution in [0.2, 0.25) is 0 Å². The number of morpholine rings is 1. The zero-order chi connectivity index (χ0) is 12.1. The number of hydrogen-bond acceptors (Lipinski definition) is 4. The Morgan fingerprint density at radius 2 is 1.94 bits per heavy atom. The molecule has 1 aromatic carbocycles. The Morgan fingerprint density at radius 3 is 2.53 bits per heavy atom. The van der Waals surface area contributed by atoms with Crippen molar-refractivity contribution in [2.45, 2.75) is 13.0 Å². The van der Waals surface area contributed by atoms with Gasteiger partial charge >= 0.3 is 0 Å². The van der Waals surface area contributed by atoms with Gasteiger partial charge in [-0.1, -0.05) is 0 Å². The third-order valence-corrected chi connectivity index (χ3v) is 3.01. The second kappa shape index (κ2) is 5.89. The van der Waals surface area contributed by atoms with Gasteiger partial charge in [0.05, 0.1) is 13.2 Å². The molecule has 2 rings (SSSR count). The molecule has 94 valence electrons. The van der Waals surface area contributed by atoms with Gasteiger partial charge in [-0.05, 0) is 31.2 Å². The molecule has 1 unspecified atom stereocenters. The monoisotopic (exact) mass is 235 g/mol. The molecule has 0 saturated carbocycles. The Labute approximate surface area is 103 Å². The average Bonchev–Trinajstić information content (AvgIpc) is 2.40. The Hall–Kier alpha value is -1.26. The number of hydrogen-bond donors (Lipinski definition) is 2. The third-order valence-electron chi connectivity index (χ3n) is 3.01. The molecule has 3 N–H and O–H groups in total.